The molecule has 4 aromatic rings. The molecular weight excluding hydrogens is 478 g/mol. The van der Waals surface area contributed by atoms with E-state index >= 15 is 0 Å². The topological polar surface area (TPSA) is 106 Å². The quantitative estimate of drug-likeness (QED) is 0.317. The minimum Gasteiger partial charge on any atom is -0.484 e. The van der Waals surface area contributed by atoms with Crippen LogP contribution in [-0.4, -0.2) is 27.8 Å². The maximum Gasteiger partial charge on any atom is 0.277 e. The van der Waals surface area contributed by atoms with Crippen LogP contribution in [0.15, 0.2) is 82.4 Å². The van der Waals surface area contributed by atoms with Gasteiger partial charge in [-0.3, -0.25) is 9.59 Å². The van der Waals surface area contributed by atoms with Gasteiger partial charge in [-0.1, -0.05) is 23.9 Å². The van der Waals surface area contributed by atoms with Crippen LogP contribution < -0.4 is 15.4 Å². The van der Waals surface area contributed by atoms with Crippen LogP contribution >= 0.6 is 11.8 Å². The summed E-state index contributed by atoms with van der Waals surface area (Å²) in [6, 6.07) is 17.3. The van der Waals surface area contributed by atoms with Gasteiger partial charge in [0.05, 0.1) is 17.0 Å². The van der Waals surface area contributed by atoms with Gasteiger partial charge in [-0.05, 0) is 60.7 Å². The molecule has 3 aromatic carbocycles. The zero-order valence-electron chi connectivity index (χ0n) is 18.0. The number of aromatic nitrogens is 2. The summed E-state index contributed by atoms with van der Waals surface area (Å²) in [6.45, 7) is -0.0120. The Balaban J connectivity index is 1.29. The first-order chi connectivity index (χ1) is 17.0. The summed E-state index contributed by atoms with van der Waals surface area (Å²) in [5.74, 6) is -1.04. The summed E-state index contributed by atoms with van der Waals surface area (Å²) in [5.41, 5.74) is 0.980. The van der Waals surface area contributed by atoms with Gasteiger partial charge in [0.2, 0.25) is 5.91 Å². The summed E-state index contributed by atoms with van der Waals surface area (Å²) in [6.07, 6.45) is 0. The van der Waals surface area contributed by atoms with Crippen molar-refractivity contribution < 1.29 is 27.5 Å². The fraction of sp³-hybridized carbons (Fsp3) is 0.0833. The Kier molecular flexibility index (Phi) is 7.68. The molecule has 0 bridgehead atoms. The molecule has 1 heterocycles. The number of para-hydroxylation sites is 1. The second-order valence-corrected chi connectivity index (χ2v) is 7.97. The van der Waals surface area contributed by atoms with Gasteiger partial charge in [0.1, 0.15) is 17.4 Å². The number of halogens is 2. The molecule has 0 fully saturated rings. The molecule has 0 unspecified atom stereocenters. The standard InChI is InChI=1S/C24H18F2N4O4S/c25-15-5-9-17(10-6-15)27-23(32)19-3-1-2-4-20(19)28-21(31)14-35-24-30-29-22(34-24)13-33-18-11-7-16(26)8-12-18/h1-12H,13-14H2,(H,27,32)(H,28,31). The van der Waals surface area contributed by atoms with E-state index in [0.717, 1.165) is 11.8 Å². The van der Waals surface area contributed by atoms with Crippen molar-refractivity contribution in [1.29, 1.82) is 0 Å². The average molecular weight is 496 g/mol. The van der Waals surface area contributed by atoms with Crippen LogP contribution in [0.4, 0.5) is 20.2 Å². The number of nitrogens with one attached hydrogen (secondary N) is 2. The lowest BCUT2D eigenvalue weighted by molar-refractivity contribution is -0.113. The summed E-state index contributed by atoms with van der Waals surface area (Å²) >= 11 is 1.02. The lowest BCUT2D eigenvalue weighted by atomic mass is 10.1. The molecule has 35 heavy (non-hydrogen) atoms. The van der Waals surface area contributed by atoms with Crippen molar-refractivity contribution in [3.63, 3.8) is 0 Å². The second-order valence-electron chi connectivity index (χ2n) is 7.05. The van der Waals surface area contributed by atoms with Crippen LogP contribution in [0, 0.1) is 11.6 Å². The number of anilines is 2. The first-order valence-electron chi connectivity index (χ1n) is 10.3. The third-order valence-corrected chi connectivity index (χ3v) is 5.32. The molecule has 178 valence electrons. The van der Waals surface area contributed by atoms with Gasteiger partial charge >= 0.3 is 0 Å². The largest absolute Gasteiger partial charge is 0.484 e. The van der Waals surface area contributed by atoms with Crippen LogP contribution in [-0.2, 0) is 11.4 Å². The molecular formula is C24H18F2N4O4S. The first-order valence-corrected chi connectivity index (χ1v) is 11.2. The number of thioether (sulfide) groups is 1. The van der Waals surface area contributed by atoms with Gasteiger partial charge in [0.25, 0.3) is 17.0 Å². The molecule has 4 rings (SSSR count). The monoisotopic (exact) mass is 496 g/mol. The Bertz CT molecular complexity index is 1310. The molecule has 0 atom stereocenters. The molecule has 0 radical (unpaired) electrons. The number of hydrogen-bond acceptors (Lipinski definition) is 7. The number of amides is 2. The predicted molar refractivity (Wildman–Crippen MR) is 125 cm³/mol. The Morgan fingerprint density at radius 3 is 2.31 bits per heavy atom. The maximum absolute atomic E-state index is 13.1. The minimum atomic E-state index is -0.456. The van der Waals surface area contributed by atoms with E-state index in [4.69, 9.17) is 9.15 Å². The highest BCUT2D eigenvalue weighted by molar-refractivity contribution is 7.99. The van der Waals surface area contributed by atoms with Crippen LogP contribution in [0.1, 0.15) is 16.2 Å². The zero-order chi connectivity index (χ0) is 24.6. The van der Waals surface area contributed by atoms with Crippen LogP contribution in [0.5, 0.6) is 5.75 Å². The Morgan fingerprint density at radius 2 is 1.57 bits per heavy atom. The highest BCUT2D eigenvalue weighted by atomic mass is 32.2. The van der Waals surface area contributed by atoms with Gasteiger partial charge in [0.15, 0.2) is 6.61 Å². The molecule has 0 aliphatic rings. The summed E-state index contributed by atoms with van der Waals surface area (Å²) < 4.78 is 36.9. The minimum absolute atomic E-state index is 0.0120. The fourth-order valence-electron chi connectivity index (χ4n) is 2.87. The molecule has 0 aliphatic carbocycles. The molecule has 8 nitrogen and oxygen atoms in total. The van der Waals surface area contributed by atoms with Crippen molar-refractivity contribution >= 4 is 35.0 Å². The Labute approximate surface area is 202 Å². The van der Waals surface area contributed by atoms with E-state index in [1.807, 2.05) is 0 Å². The van der Waals surface area contributed by atoms with Crippen LogP contribution in [0.2, 0.25) is 0 Å². The van der Waals surface area contributed by atoms with E-state index in [2.05, 4.69) is 20.8 Å². The molecule has 2 amide bonds. The Hall–Kier alpha value is -4.25. The molecule has 0 saturated carbocycles. The van der Waals surface area contributed by atoms with Gasteiger partial charge in [-0.25, -0.2) is 8.78 Å². The van der Waals surface area contributed by atoms with Crippen molar-refractivity contribution in [3.05, 3.63) is 95.9 Å². The summed E-state index contributed by atoms with van der Waals surface area (Å²) in [5, 5.41) is 13.2. The third-order valence-electron chi connectivity index (χ3n) is 4.50. The fourth-order valence-corrected chi connectivity index (χ4v) is 3.45. The second kappa shape index (κ2) is 11.3. The number of carbonyl (C=O) groups excluding carboxylic acids is 2. The van der Waals surface area contributed by atoms with E-state index < -0.39 is 11.7 Å². The van der Waals surface area contributed by atoms with Crippen molar-refractivity contribution in [2.75, 3.05) is 16.4 Å². The summed E-state index contributed by atoms with van der Waals surface area (Å²) in [7, 11) is 0. The SMILES string of the molecule is O=C(CSc1nnc(COc2ccc(F)cc2)o1)Nc1ccccc1C(=O)Nc1ccc(F)cc1. The van der Waals surface area contributed by atoms with E-state index in [0.29, 0.717) is 17.1 Å². The number of ether oxygens (including phenoxy) is 1. The van der Waals surface area contributed by atoms with Gasteiger partial charge in [0, 0.05) is 5.69 Å². The van der Waals surface area contributed by atoms with E-state index in [-0.39, 0.29) is 40.8 Å². The first kappa shape index (κ1) is 23.9. The van der Waals surface area contributed by atoms with E-state index in [1.165, 1.54) is 48.5 Å². The summed E-state index contributed by atoms with van der Waals surface area (Å²) in [4.78, 5) is 25.1. The van der Waals surface area contributed by atoms with Gasteiger partial charge in [-0.2, -0.15) is 0 Å². The zero-order valence-corrected chi connectivity index (χ0v) is 18.9. The number of benzene rings is 3. The smallest absolute Gasteiger partial charge is 0.277 e. The molecule has 0 aliphatic heterocycles. The molecule has 2 N–H and O–H groups in total. The molecule has 0 saturated heterocycles. The van der Waals surface area contributed by atoms with Crippen molar-refractivity contribution in [1.82, 2.24) is 10.2 Å². The van der Waals surface area contributed by atoms with Crippen LogP contribution in [0.25, 0.3) is 0 Å². The lowest BCUT2D eigenvalue weighted by Gasteiger charge is -2.11. The molecule has 1 aromatic heterocycles. The molecule has 0 spiro atoms. The number of hydrogen-bond donors (Lipinski definition) is 2. The van der Waals surface area contributed by atoms with Crippen molar-refractivity contribution in [3.8, 4) is 5.75 Å². The van der Waals surface area contributed by atoms with Crippen molar-refractivity contribution in [2.45, 2.75) is 11.8 Å². The van der Waals surface area contributed by atoms with Crippen LogP contribution in [0.3, 0.4) is 0 Å². The Morgan fingerprint density at radius 1 is 0.886 bits per heavy atom. The third kappa shape index (κ3) is 6.87. The maximum atomic E-state index is 13.1. The van der Waals surface area contributed by atoms with E-state index in [9.17, 15) is 18.4 Å². The highest BCUT2D eigenvalue weighted by Crippen LogP contribution is 2.21. The normalized spacial score (nSPS) is 10.6. The highest BCUT2D eigenvalue weighted by Gasteiger charge is 2.15. The van der Waals surface area contributed by atoms with Gasteiger partial charge < -0.3 is 19.8 Å². The van der Waals surface area contributed by atoms with E-state index in [1.54, 1.807) is 24.3 Å². The average Bonchev–Trinajstić information content (AvgIpc) is 3.32. The van der Waals surface area contributed by atoms with Gasteiger partial charge in [-0.15, -0.1) is 10.2 Å². The van der Waals surface area contributed by atoms with Crippen molar-refractivity contribution in [2.24, 2.45) is 0 Å². The number of carbonyl (C=O) groups is 2. The number of rotatable bonds is 9. The molecule has 11 heteroatoms. The predicted octanol–water partition coefficient (Wildman–Crippen LogP) is 4.91. The lowest BCUT2D eigenvalue weighted by Crippen LogP contribution is -2.19. The number of nitrogens with zero attached hydrogens (tertiary/aromatic N) is 2.